The maximum atomic E-state index is 12.0. The zero-order valence-electron chi connectivity index (χ0n) is 12.8. The first kappa shape index (κ1) is 17.0. The molecule has 23 heavy (non-hydrogen) atoms. The summed E-state index contributed by atoms with van der Waals surface area (Å²) < 4.78 is 5.15. The summed E-state index contributed by atoms with van der Waals surface area (Å²) >= 11 is 5.86. The van der Waals surface area contributed by atoms with Gasteiger partial charge < -0.3 is 10.1 Å². The lowest BCUT2D eigenvalue weighted by atomic mass is 10.1. The van der Waals surface area contributed by atoms with Gasteiger partial charge in [0.05, 0.1) is 0 Å². The van der Waals surface area contributed by atoms with Crippen molar-refractivity contribution >= 4 is 29.2 Å². The molecule has 2 rings (SSSR count). The van der Waals surface area contributed by atoms with Crippen molar-refractivity contribution in [2.75, 3.05) is 5.32 Å². The first-order valence-electron chi connectivity index (χ1n) is 7.34. The van der Waals surface area contributed by atoms with Crippen LogP contribution in [0.25, 0.3) is 0 Å². The van der Waals surface area contributed by atoms with Crippen LogP contribution in [0.1, 0.15) is 18.9 Å². The van der Waals surface area contributed by atoms with E-state index in [0.717, 1.165) is 5.56 Å². The molecule has 0 spiro atoms. The van der Waals surface area contributed by atoms with Gasteiger partial charge in [0, 0.05) is 17.1 Å². The predicted octanol–water partition coefficient (Wildman–Crippen LogP) is 3.84. The number of ether oxygens (including phenoxy) is 1. The van der Waals surface area contributed by atoms with Crippen molar-refractivity contribution in [3.8, 4) is 0 Å². The van der Waals surface area contributed by atoms with Crippen LogP contribution < -0.4 is 5.32 Å². The molecule has 5 heteroatoms. The zero-order chi connectivity index (χ0) is 16.7. The molecular formula is C18H18ClNO3. The first-order chi connectivity index (χ1) is 11.0. The van der Waals surface area contributed by atoms with Crippen molar-refractivity contribution in [2.24, 2.45) is 0 Å². The van der Waals surface area contributed by atoms with Gasteiger partial charge in [0.25, 0.3) is 5.91 Å². The molecule has 0 saturated carbocycles. The minimum absolute atomic E-state index is 0.235. The lowest BCUT2D eigenvalue weighted by Gasteiger charge is -2.13. The molecule has 0 aromatic heterocycles. The average Bonchev–Trinajstić information content (AvgIpc) is 2.54. The van der Waals surface area contributed by atoms with Crippen LogP contribution in [-0.4, -0.2) is 18.0 Å². The van der Waals surface area contributed by atoms with Crippen LogP contribution in [0.5, 0.6) is 0 Å². The Labute approximate surface area is 140 Å². The van der Waals surface area contributed by atoms with Crippen LogP contribution in [0.15, 0.2) is 54.6 Å². The molecule has 1 N–H and O–H groups in total. The maximum absolute atomic E-state index is 12.0. The number of nitrogens with one attached hydrogen (secondary N) is 1. The number of carbonyl (C=O) groups is 2. The molecule has 4 nitrogen and oxygen atoms in total. The topological polar surface area (TPSA) is 55.4 Å². The molecule has 0 heterocycles. The van der Waals surface area contributed by atoms with Crippen molar-refractivity contribution in [3.63, 3.8) is 0 Å². The van der Waals surface area contributed by atoms with Crippen LogP contribution in [0.4, 0.5) is 5.69 Å². The number of hydrogen-bond donors (Lipinski definition) is 1. The molecule has 0 fully saturated rings. The van der Waals surface area contributed by atoms with E-state index in [1.54, 1.807) is 31.2 Å². The lowest BCUT2D eigenvalue weighted by Crippen LogP contribution is -2.30. The SMILES string of the molecule is C[C@H](OC(=O)CCc1ccccc1)C(=O)Nc1cccc(Cl)c1. The Hall–Kier alpha value is -2.33. The number of anilines is 1. The summed E-state index contributed by atoms with van der Waals surface area (Å²) in [4.78, 5) is 23.8. The number of hydrogen-bond acceptors (Lipinski definition) is 3. The molecule has 0 aliphatic carbocycles. The Morgan fingerprint density at radius 2 is 1.87 bits per heavy atom. The molecule has 2 aromatic carbocycles. The molecule has 0 saturated heterocycles. The van der Waals surface area contributed by atoms with Crippen LogP contribution in [0, 0.1) is 0 Å². The van der Waals surface area contributed by atoms with E-state index in [0.29, 0.717) is 17.1 Å². The largest absolute Gasteiger partial charge is 0.453 e. The Morgan fingerprint density at radius 3 is 2.57 bits per heavy atom. The van der Waals surface area contributed by atoms with Crippen molar-refractivity contribution in [2.45, 2.75) is 25.9 Å². The van der Waals surface area contributed by atoms with Gasteiger partial charge in [-0.15, -0.1) is 0 Å². The first-order valence-corrected chi connectivity index (χ1v) is 7.72. The summed E-state index contributed by atoms with van der Waals surface area (Å²) in [5.74, 6) is -0.789. The van der Waals surface area contributed by atoms with E-state index in [1.807, 2.05) is 30.3 Å². The number of amides is 1. The number of halogens is 1. The molecule has 1 atom stereocenters. The average molecular weight is 332 g/mol. The van der Waals surface area contributed by atoms with Gasteiger partial charge >= 0.3 is 5.97 Å². The van der Waals surface area contributed by atoms with E-state index in [9.17, 15) is 9.59 Å². The second kappa shape index (κ2) is 8.34. The quantitative estimate of drug-likeness (QED) is 0.818. The number of carbonyl (C=O) groups excluding carboxylic acids is 2. The van der Waals surface area contributed by atoms with E-state index in [4.69, 9.17) is 16.3 Å². The molecule has 2 aromatic rings. The fourth-order valence-corrected chi connectivity index (χ4v) is 2.20. The highest BCUT2D eigenvalue weighted by Gasteiger charge is 2.17. The molecule has 0 bridgehead atoms. The Bertz CT molecular complexity index is 673. The highest BCUT2D eigenvalue weighted by molar-refractivity contribution is 6.30. The van der Waals surface area contributed by atoms with Crippen molar-refractivity contribution in [1.29, 1.82) is 0 Å². The second-order valence-corrected chi connectivity index (χ2v) is 5.55. The summed E-state index contributed by atoms with van der Waals surface area (Å²) in [5, 5.41) is 3.18. The fraction of sp³-hybridized carbons (Fsp3) is 0.222. The van der Waals surface area contributed by atoms with Gasteiger partial charge in [0.2, 0.25) is 0 Å². The van der Waals surface area contributed by atoms with Crippen LogP contribution >= 0.6 is 11.6 Å². The monoisotopic (exact) mass is 331 g/mol. The number of benzene rings is 2. The molecule has 0 radical (unpaired) electrons. The smallest absolute Gasteiger partial charge is 0.306 e. The Morgan fingerprint density at radius 1 is 1.13 bits per heavy atom. The molecular weight excluding hydrogens is 314 g/mol. The van der Waals surface area contributed by atoms with Crippen LogP contribution in [-0.2, 0) is 20.7 Å². The third kappa shape index (κ3) is 5.75. The summed E-state index contributed by atoms with van der Waals surface area (Å²) in [5.41, 5.74) is 1.62. The number of aryl methyl sites for hydroxylation is 1. The normalized spacial score (nSPS) is 11.6. The maximum Gasteiger partial charge on any atom is 0.306 e. The summed E-state index contributed by atoms with van der Waals surface area (Å²) in [6.07, 6.45) is -0.0431. The Balaban J connectivity index is 1.79. The van der Waals surface area contributed by atoms with Crippen molar-refractivity contribution in [1.82, 2.24) is 0 Å². The zero-order valence-corrected chi connectivity index (χ0v) is 13.5. The highest BCUT2D eigenvalue weighted by Crippen LogP contribution is 2.15. The van der Waals surface area contributed by atoms with E-state index < -0.39 is 12.1 Å². The summed E-state index contributed by atoms with van der Waals surface area (Å²) in [6, 6.07) is 16.4. The van der Waals surface area contributed by atoms with Crippen LogP contribution in [0.3, 0.4) is 0 Å². The molecule has 1 amide bonds. The van der Waals surface area contributed by atoms with Crippen molar-refractivity contribution < 1.29 is 14.3 Å². The molecule has 0 aliphatic rings. The minimum atomic E-state index is -0.864. The highest BCUT2D eigenvalue weighted by atomic mass is 35.5. The predicted molar refractivity (Wildman–Crippen MR) is 90.4 cm³/mol. The Kier molecular flexibility index (Phi) is 6.18. The lowest BCUT2D eigenvalue weighted by molar-refractivity contribution is -0.153. The van der Waals surface area contributed by atoms with Gasteiger partial charge in [-0.05, 0) is 37.1 Å². The summed E-state index contributed by atoms with van der Waals surface area (Å²) in [7, 11) is 0. The van der Waals surface area contributed by atoms with E-state index in [2.05, 4.69) is 5.32 Å². The van der Waals surface area contributed by atoms with Gasteiger partial charge in [0.1, 0.15) is 0 Å². The number of rotatable bonds is 6. The fourth-order valence-electron chi connectivity index (χ4n) is 2.01. The van der Waals surface area contributed by atoms with Crippen molar-refractivity contribution in [3.05, 3.63) is 65.2 Å². The van der Waals surface area contributed by atoms with Gasteiger partial charge in [-0.2, -0.15) is 0 Å². The van der Waals surface area contributed by atoms with E-state index >= 15 is 0 Å². The molecule has 0 unspecified atom stereocenters. The van der Waals surface area contributed by atoms with Gasteiger partial charge in [-0.3, -0.25) is 9.59 Å². The van der Waals surface area contributed by atoms with Crippen LogP contribution in [0.2, 0.25) is 5.02 Å². The van der Waals surface area contributed by atoms with Gasteiger partial charge in [-0.25, -0.2) is 0 Å². The standard InChI is InChI=1S/C18H18ClNO3/c1-13(18(22)20-16-9-5-8-15(19)12-16)23-17(21)11-10-14-6-3-2-4-7-14/h2-9,12-13H,10-11H2,1H3,(H,20,22)/t13-/m0/s1. The second-order valence-electron chi connectivity index (χ2n) is 5.12. The molecule has 0 aliphatic heterocycles. The third-order valence-electron chi connectivity index (χ3n) is 3.23. The van der Waals surface area contributed by atoms with Gasteiger partial charge in [0.15, 0.2) is 6.10 Å². The molecule has 120 valence electrons. The third-order valence-corrected chi connectivity index (χ3v) is 3.47. The minimum Gasteiger partial charge on any atom is -0.453 e. The number of esters is 1. The van der Waals surface area contributed by atoms with Gasteiger partial charge in [-0.1, -0.05) is 48.0 Å². The van der Waals surface area contributed by atoms with E-state index in [-0.39, 0.29) is 12.3 Å². The van der Waals surface area contributed by atoms with E-state index in [1.165, 1.54) is 0 Å². The summed E-state index contributed by atoms with van der Waals surface area (Å²) in [6.45, 7) is 1.54.